The summed E-state index contributed by atoms with van der Waals surface area (Å²) in [6.45, 7) is 4.94. The summed E-state index contributed by atoms with van der Waals surface area (Å²) in [7, 11) is 0. The van der Waals surface area contributed by atoms with Crippen molar-refractivity contribution in [1.82, 2.24) is 5.01 Å². The average molecular weight is 449 g/mol. The maximum Gasteiger partial charge on any atom is 0.283 e. The Morgan fingerprint density at radius 1 is 1.09 bits per heavy atom. The molecule has 2 aromatic carbocycles. The van der Waals surface area contributed by atoms with Gasteiger partial charge in [0.15, 0.2) is 5.84 Å². The Labute approximate surface area is 191 Å². The minimum atomic E-state index is -0.421. The quantitative estimate of drug-likeness (QED) is 0.460. The zero-order chi connectivity index (χ0) is 22.5. The normalized spacial score (nSPS) is 16.7. The van der Waals surface area contributed by atoms with E-state index >= 15 is 0 Å². The summed E-state index contributed by atoms with van der Waals surface area (Å²) in [5, 5.41) is 15.6. The van der Waals surface area contributed by atoms with Gasteiger partial charge < -0.3 is 9.47 Å². The number of nitrogens with one attached hydrogen (secondary N) is 1. The van der Waals surface area contributed by atoms with Gasteiger partial charge in [-0.1, -0.05) is 31.2 Å². The van der Waals surface area contributed by atoms with Gasteiger partial charge in [-0.25, -0.2) is 0 Å². The van der Waals surface area contributed by atoms with Crippen LogP contribution < -0.4 is 9.47 Å². The first-order valence-electron chi connectivity index (χ1n) is 10.4. The Hall–Kier alpha value is -3.39. The average Bonchev–Trinajstić information content (AvgIpc) is 3.18. The Morgan fingerprint density at radius 3 is 2.56 bits per heavy atom. The van der Waals surface area contributed by atoms with Crippen LogP contribution in [0.25, 0.3) is 6.08 Å². The second-order valence-corrected chi connectivity index (χ2v) is 8.39. The van der Waals surface area contributed by atoms with Gasteiger partial charge in [0.2, 0.25) is 5.17 Å². The number of nitrogens with zero attached hydrogens (tertiary/aromatic N) is 3. The van der Waals surface area contributed by atoms with E-state index in [4.69, 9.17) is 14.9 Å². The Bertz CT molecular complexity index is 1120. The summed E-state index contributed by atoms with van der Waals surface area (Å²) in [5.41, 5.74) is 2.15. The standard InChI is InChI=1S/C24H24N4O3S/c1-3-5-21-27-28-22(25)20(23(29)26-24(28)32-21)15-17-8-10-18(11-9-17)30-12-13-31-19-7-4-6-16(2)14-19/h4,6-11,14-15,25H,3,5,12-13H2,1-2H3/b20-15-,25-22?. The Morgan fingerprint density at radius 2 is 1.84 bits per heavy atom. The van der Waals surface area contributed by atoms with Crippen LogP contribution >= 0.6 is 11.8 Å². The van der Waals surface area contributed by atoms with Crippen LogP contribution in [0.2, 0.25) is 0 Å². The highest BCUT2D eigenvalue weighted by molar-refractivity contribution is 8.26. The van der Waals surface area contributed by atoms with Crippen molar-refractivity contribution in [3.8, 4) is 11.5 Å². The smallest absolute Gasteiger partial charge is 0.283 e. The SMILES string of the molecule is CCCC1=NN2C(=N)/C(=C/c3ccc(OCCOc4cccc(C)c4)cc3)C(=O)N=C2S1. The van der Waals surface area contributed by atoms with Gasteiger partial charge in [-0.05, 0) is 73.0 Å². The molecule has 0 aliphatic carbocycles. The number of amidine groups is 2. The lowest BCUT2D eigenvalue weighted by molar-refractivity contribution is -0.114. The molecule has 2 heterocycles. The summed E-state index contributed by atoms with van der Waals surface area (Å²) in [6, 6.07) is 15.2. The van der Waals surface area contributed by atoms with Crippen LogP contribution in [-0.2, 0) is 4.79 Å². The molecule has 32 heavy (non-hydrogen) atoms. The molecular weight excluding hydrogens is 424 g/mol. The number of ether oxygens (including phenoxy) is 2. The molecule has 0 unspecified atom stereocenters. The number of hydrogen-bond donors (Lipinski definition) is 1. The molecule has 0 atom stereocenters. The third kappa shape index (κ3) is 5.08. The third-order valence-corrected chi connectivity index (χ3v) is 5.73. The third-order valence-electron chi connectivity index (χ3n) is 4.76. The molecule has 1 N–H and O–H groups in total. The summed E-state index contributed by atoms with van der Waals surface area (Å²) >= 11 is 1.36. The molecule has 0 aromatic heterocycles. The van der Waals surface area contributed by atoms with E-state index in [2.05, 4.69) is 17.0 Å². The van der Waals surface area contributed by atoms with Gasteiger partial charge >= 0.3 is 0 Å². The largest absolute Gasteiger partial charge is 0.490 e. The van der Waals surface area contributed by atoms with Crippen LogP contribution in [0.4, 0.5) is 0 Å². The number of carbonyl (C=O) groups is 1. The van der Waals surface area contributed by atoms with Crippen molar-refractivity contribution in [2.75, 3.05) is 13.2 Å². The molecule has 7 nitrogen and oxygen atoms in total. The highest BCUT2D eigenvalue weighted by atomic mass is 32.2. The number of aryl methyl sites for hydroxylation is 1. The van der Waals surface area contributed by atoms with Crippen molar-refractivity contribution in [1.29, 1.82) is 5.41 Å². The number of fused-ring (bicyclic) bond motifs is 1. The number of aliphatic imine (C=N–C) groups is 1. The molecular formula is C24H24N4O3S. The molecule has 0 spiro atoms. The Balaban J connectivity index is 1.35. The van der Waals surface area contributed by atoms with Crippen LogP contribution in [0.1, 0.15) is 30.9 Å². The molecule has 0 saturated heterocycles. The van der Waals surface area contributed by atoms with E-state index < -0.39 is 5.91 Å². The lowest BCUT2D eigenvalue weighted by Crippen LogP contribution is -2.35. The molecule has 0 fully saturated rings. The second kappa shape index (κ2) is 9.82. The zero-order valence-electron chi connectivity index (χ0n) is 18.0. The van der Waals surface area contributed by atoms with Crippen molar-refractivity contribution in [2.45, 2.75) is 26.7 Å². The fourth-order valence-corrected chi connectivity index (χ4v) is 4.18. The van der Waals surface area contributed by atoms with Gasteiger partial charge in [-0.3, -0.25) is 10.2 Å². The van der Waals surface area contributed by atoms with Gasteiger partial charge in [0.1, 0.15) is 29.8 Å². The van der Waals surface area contributed by atoms with E-state index in [0.29, 0.717) is 24.1 Å². The highest BCUT2D eigenvalue weighted by Crippen LogP contribution is 2.29. The van der Waals surface area contributed by atoms with E-state index in [1.807, 2.05) is 55.5 Å². The van der Waals surface area contributed by atoms with Gasteiger partial charge in [0.25, 0.3) is 5.91 Å². The lowest BCUT2D eigenvalue weighted by atomic mass is 10.1. The van der Waals surface area contributed by atoms with Crippen molar-refractivity contribution < 1.29 is 14.3 Å². The van der Waals surface area contributed by atoms with Crippen LogP contribution in [0, 0.1) is 12.3 Å². The van der Waals surface area contributed by atoms with Gasteiger partial charge in [-0.15, -0.1) is 0 Å². The fourth-order valence-electron chi connectivity index (χ4n) is 3.20. The van der Waals surface area contributed by atoms with E-state index in [0.717, 1.165) is 34.8 Å². The van der Waals surface area contributed by atoms with E-state index in [9.17, 15) is 4.79 Å². The van der Waals surface area contributed by atoms with Crippen LogP contribution in [-0.4, -0.2) is 40.2 Å². The lowest BCUT2D eigenvalue weighted by Gasteiger charge is -2.20. The number of carbonyl (C=O) groups excluding carboxylic acids is 1. The van der Waals surface area contributed by atoms with Crippen LogP contribution in [0.5, 0.6) is 11.5 Å². The van der Waals surface area contributed by atoms with E-state index in [1.54, 1.807) is 6.08 Å². The number of amides is 1. The van der Waals surface area contributed by atoms with Crippen LogP contribution in [0.3, 0.4) is 0 Å². The molecule has 0 bridgehead atoms. The van der Waals surface area contributed by atoms with Crippen molar-refractivity contribution in [3.05, 3.63) is 65.2 Å². The van der Waals surface area contributed by atoms with Crippen molar-refractivity contribution in [3.63, 3.8) is 0 Å². The minimum Gasteiger partial charge on any atom is -0.490 e. The molecule has 0 saturated carbocycles. The first-order valence-corrected chi connectivity index (χ1v) is 11.3. The summed E-state index contributed by atoms with van der Waals surface area (Å²) in [5.74, 6) is 1.15. The fraction of sp³-hybridized carbons (Fsp3) is 0.250. The van der Waals surface area contributed by atoms with E-state index in [1.165, 1.54) is 16.8 Å². The Kier molecular flexibility index (Phi) is 6.70. The first-order chi connectivity index (χ1) is 15.5. The first kappa shape index (κ1) is 21.8. The molecule has 164 valence electrons. The number of rotatable bonds is 8. The topological polar surface area (TPSA) is 87.3 Å². The second-order valence-electron chi connectivity index (χ2n) is 7.35. The van der Waals surface area contributed by atoms with Gasteiger partial charge in [-0.2, -0.15) is 15.1 Å². The number of thioether (sulfide) groups is 1. The zero-order valence-corrected chi connectivity index (χ0v) is 18.8. The van der Waals surface area contributed by atoms with Crippen molar-refractivity contribution >= 4 is 39.8 Å². The molecule has 1 amide bonds. The van der Waals surface area contributed by atoms with Crippen LogP contribution in [0.15, 0.2) is 64.2 Å². The number of hydrazone groups is 1. The molecule has 4 rings (SSSR count). The maximum absolute atomic E-state index is 12.5. The predicted molar refractivity (Wildman–Crippen MR) is 129 cm³/mol. The maximum atomic E-state index is 12.5. The van der Waals surface area contributed by atoms with Crippen molar-refractivity contribution in [2.24, 2.45) is 10.1 Å². The monoisotopic (exact) mass is 448 g/mol. The summed E-state index contributed by atoms with van der Waals surface area (Å²) in [6.07, 6.45) is 3.41. The minimum absolute atomic E-state index is 0.0484. The molecule has 2 aliphatic heterocycles. The molecule has 2 aliphatic rings. The highest BCUT2D eigenvalue weighted by Gasteiger charge is 2.35. The summed E-state index contributed by atoms with van der Waals surface area (Å²) < 4.78 is 11.4. The number of hydrogen-bond acceptors (Lipinski definition) is 6. The summed E-state index contributed by atoms with van der Waals surface area (Å²) in [4.78, 5) is 16.6. The molecule has 0 radical (unpaired) electrons. The van der Waals surface area contributed by atoms with E-state index in [-0.39, 0.29) is 11.4 Å². The van der Waals surface area contributed by atoms with Gasteiger partial charge in [0.05, 0.1) is 5.57 Å². The molecule has 8 heteroatoms. The number of benzene rings is 2. The van der Waals surface area contributed by atoms with Gasteiger partial charge in [0, 0.05) is 0 Å². The predicted octanol–water partition coefficient (Wildman–Crippen LogP) is 4.87. The molecule has 2 aromatic rings.